The van der Waals surface area contributed by atoms with Gasteiger partial charge in [0.1, 0.15) is 25.8 Å². The first-order valence-electron chi connectivity index (χ1n) is 23.7. The number of rotatable bonds is 13. The fraction of sp³-hybridized carbons (Fsp3) is 0.509. The molecule has 2 bridgehead atoms. The van der Waals surface area contributed by atoms with Crippen molar-refractivity contribution in [2.75, 3.05) is 51.6 Å². The zero-order valence-corrected chi connectivity index (χ0v) is 40.7. The van der Waals surface area contributed by atoms with E-state index in [2.05, 4.69) is 158 Å². The van der Waals surface area contributed by atoms with E-state index in [9.17, 15) is 0 Å². The quantitative estimate of drug-likeness (QED) is 0.0434. The highest BCUT2D eigenvalue weighted by atomic mass is 28.3. The van der Waals surface area contributed by atoms with Crippen molar-refractivity contribution in [1.29, 1.82) is 0 Å². The lowest BCUT2D eigenvalue weighted by Crippen LogP contribution is -2.63. The lowest BCUT2D eigenvalue weighted by atomic mass is 9.89. The van der Waals surface area contributed by atoms with Crippen molar-refractivity contribution in [3.05, 3.63) is 113 Å². The van der Waals surface area contributed by atoms with Gasteiger partial charge in [-0.15, -0.1) is 5.54 Å². The van der Waals surface area contributed by atoms with E-state index in [0.717, 1.165) is 47.2 Å². The smallest absolute Gasteiger partial charge is 0.234 e. The lowest BCUT2D eigenvalue weighted by Gasteiger charge is -2.52. The molecule has 344 valence electrons. The highest BCUT2D eigenvalue weighted by Crippen LogP contribution is 2.47. The summed E-state index contributed by atoms with van der Waals surface area (Å²) in [6.07, 6.45) is 6.59. The summed E-state index contributed by atoms with van der Waals surface area (Å²) in [4.78, 5) is 19.0. The van der Waals surface area contributed by atoms with Crippen LogP contribution in [0.4, 0.5) is 14.5 Å². The number of methoxy groups -OCH3 is 1. The Morgan fingerprint density at radius 3 is 2.34 bits per heavy atom. The molecular formula is C53H66F2N6O3Si. The van der Waals surface area contributed by atoms with Gasteiger partial charge >= 0.3 is 0 Å². The summed E-state index contributed by atoms with van der Waals surface area (Å²) in [6.45, 7) is 21.4. The molecule has 3 fully saturated rings. The molecule has 0 radical (unpaired) electrons. The van der Waals surface area contributed by atoms with Crippen LogP contribution in [-0.4, -0.2) is 105 Å². The predicted molar refractivity (Wildman–Crippen MR) is 258 cm³/mol. The summed E-state index contributed by atoms with van der Waals surface area (Å²) in [6, 6.07) is 22.6. The maximum atomic E-state index is 15.4. The number of alkyl halides is 1. The summed E-state index contributed by atoms with van der Waals surface area (Å²) in [5.41, 5.74) is 7.49. The van der Waals surface area contributed by atoms with E-state index in [1.54, 1.807) is 13.3 Å². The molecule has 12 heteroatoms. The zero-order valence-electron chi connectivity index (χ0n) is 39.7. The Bertz CT molecular complexity index is 2590. The van der Waals surface area contributed by atoms with Gasteiger partial charge in [0.2, 0.25) is 12.3 Å². The lowest BCUT2D eigenvalue weighted by molar-refractivity contribution is -0.0133. The normalized spacial score (nSPS) is 24.6. The minimum Gasteiger partial charge on any atom is -0.465 e. The number of hydrogen-bond donors (Lipinski definition) is 0. The van der Waals surface area contributed by atoms with Crippen molar-refractivity contribution in [3.8, 4) is 17.2 Å². The van der Waals surface area contributed by atoms with E-state index in [0.29, 0.717) is 59.0 Å². The van der Waals surface area contributed by atoms with Gasteiger partial charge < -0.3 is 19.1 Å². The maximum absolute atomic E-state index is 15.4. The highest BCUT2D eigenvalue weighted by molar-refractivity contribution is 6.90. The number of hydrogen-bond acceptors (Lipinski definition) is 9. The molecule has 6 heterocycles. The third kappa shape index (κ3) is 7.99. The summed E-state index contributed by atoms with van der Waals surface area (Å²) in [5, 5.41) is 3.04. The van der Waals surface area contributed by atoms with Crippen molar-refractivity contribution < 1.29 is 23.0 Å². The van der Waals surface area contributed by atoms with Crippen LogP contribution >= 0.6 is 0 Å². The van der Waals surface area contributed by atoms with Crippen molar-refractivity contribution in [1.82, 2.24) is 19.7 Å². The number of fused-ring (bicyclic) bond motifs is 5. The van der Waals surface area contributed by atoms with Gasteiger partial charge in [0.15, 0.2) is 6.79 Å². The van der Waals surface area contributed by atoms with E-state index in [1.807, 2.05) is 6.07 Å². The van der Waals surface area contributed by atoms with E-state index in [1.165, 1.54) is 11.6 Å². The van der Waals surface area contributed by atoms with E-state index < -0.39 is 32.1 Å². The SMILES string of the molecule is COCOc1ccc2cccc(C#C[Si](C(C)C)(C(C)C)C(C)C)c2c1N1C(N2C[C@H]3C=C[C@@H](C2)N3C(C)(C)c2ccccc2)=c2cnc(F)cc2=NC1OC[C@@]12CCCN1C[C@H](F)C2. The van der Waals surface area contributed by atoms with Gasteiger partial charge in [0.05, 0.1) is 22.9 Å². The van der Waals surface area contributed by atoms with Crippen LogP contribution in [-0.2, 0) is 15.0 Å². The Labute approximate surface area is 385 Å². The topological polar surface area (TPSA) is 65.9 Å². The summed E-state index contributed by atoms with van der Waals surface area (Å²) < 4.78 is 50.1. The largest absolute Gasteiger partial charge is 0.465 e. The van der Waals surface area contributed by atoms with E-state index in [-0.39, 0.29) is 31.0 Å². The third-order valence-electron chi connectivity index (χ3n) is 15.4. The van der Waals surface area contributed by atoms with Gasteiger partial charge in [-0.25, -0.2) is 14.4 Å². The first-order valence-corrected chi connectivity index (χ1v) is 25.9. The summed E-state index contributed by atoms with van der Waals surface area (Å²) in [7, 11) is -0.553. The number of ether oxygens (including phenoxy) is 3. The van der Waals surface area contributed by atoms with Crippen LogP contribution in [0.1, 0.15) is 85.8 Å². The van der Waals surface area contributed by atoms with Gasteiger partial charge in [-0.05, 0) is 72.9 Å². The summed E-state index contributed by atoms with van der Waals surface area (Å²) in [5.74, 6) is 4.57. The van der Waals surface area contributed by atoms with Crippen LogP contribution in [0.5, 0.6) is 5.75 Å². The second-order valence-electron chi connectivity index (χ2n) is 20.3. The molecule has 9 nitrogen and oxygen atoms in total. The summed E-state index contributed by atoms with van der Waals surface area (Å²) >= 11 is 0. The molecule has 3 aromatic carbocycles. The molecular weight excluding hydrogens is 835 g/mol. The highest BCUT2D eigenvalue weighted by Gasteiger charge is 2.51. The number of aromatic nitrogens is 1. The number of benzene rings is 3. The Morgan fingerprint density at radius 2 is 1.65 bits per heavy atom. The Balaban J connectivity index is 1.27. The van der Waals surface area contributed by atoms with Crippen LogP contribution < -0.4 is 20.2 Å². The van der Waals surface area contributed by atoms with Crippen LogP contribution in [0.2, 0.25) is 16.6 Å². The van der Waals surface area contributed by atoms with Crippen molar-refractivity contribution in [2.24, 2.45) is 4.99 Å². The molecule has 0 saturated carbocycles. The van der Waals surface area contributed by atoms with Gasteiger partial charge in [0.25, 0.3) is 0 Å². The first-order chi connectivity index (χ1) is 31.2. The molecule has 0 N–H and O–H groups in total. The number of nitrogens with zero attached hydrogens (tertiary/aromatic N) is 6. The number of pyridine rings is 1. The van der Waals surface area contributed by atoms with Crippen molar-refractivity contribution in [2.45, 2.75) is 127 Å². The average Bonchev–Trinajstić information content (AvgIpc) is 3.91. The van der Waals surface area contributed by atoms with Crippen LogP contribution in [0, 0.1) is 17.4 Å². The molecule has 9 rings (SSSR count). The molecule has 5 atom stereocenters. The molecule has 4 aromatic rings. The van der Waals surface area contributed by atoms with Crippen LogP contribution in [0.15, 0.2) is 90.1 Å². The zero-order chi connectivity index (χ0) is 45.8. The number of piperazine rings is 1. The Kier molecular flexibility index (Phi) is 12.5. The van der Waals surface area contributed by atoms with Gasteiger partial charge in [-0.1, -0.05) is 108 Å². The molecule has 0 amide bonds. The van der Waals surface area contributed by atoms with E-state index >= 15 is 8.78 Å². The van der Waals surface area contributed by atoms with Gasteiger partial charge in [-0.2, -0.15) is 4.39 Å². The fourth-order valence-corrected chi connectivity index (χ4v) is 17.7. The number of anilines is 1. The Hall–Kier alpha value is -4.64. The predicted octanol–water partition coefficient (Wildman–Crippen LogP) is 8.87. The monoisotopic (exact) mass is 900 g/mol. The molecule has 1 aromatic heterocycles. The second kappa shape index (κ2) is 17.9. The van der Waals surface area contributed by atoms with Gasteiger partial charge in [-0.3, -0.25) is 14.7 Å². The second-order valence-corrected chi connectivity index (χ2v) is 25.9. The average molecular weight is 901 g/mol. The van der Waals surface area contributed by atoms with Crippen LogP contribution in [0.25, 0.3) is 16.6 Å². The molecule has 0 aliphatic carbocycles. The molecule has 65 heavy (non-hydrogen) atoms. The molecule has 0 spiro atoms. The third-order valence-corrected chi connectivity index (χ3v) is 21.7. The number of halogens is 2. The van der Waals surface area contributed by atoms with Crippen molar-refractivity contribution in [3.63, 3.8) is 0 Å². The molecule has 3 saturated heterocycles. The van der Waals surface area contributed by atoms with E-state index in [4.69, 9.17) is 19.2 Å². The molecule has 1 unspecified atom stereocenters. The van der Waals surface area contributed by atoms with Gasteiger partial charge in [0, 0.05) is 79.5 Å². The first kappa shape index (κ1) is 45.5. The maximum Gasteiger partial charge on any atom is 0.234 e. The van der Waals surface area contributed by atoms with Crippen LogP contribution in [0.3, 0.4) is 0 Å². The standard InChI is InChI=1S/C53H66F2N6O3Si/c1-35(2)65(36(3)4,37(5)6)26-23-39-16-13-15-38-19-22-46(64-34-62-9)49(48(38)39)60-50(58-31-42-20-21-43(32-58)61(42)52(7,8)40-17-11-10-12-18-40)44-29-56-47(55)27-45(44)57-51(60)63-33-53-24-14-25-59(53)30-41(54)28-53/h10-13,15-22,27,29,35-37,41-43,51H,14,24-25,28,30-34H2,1-9H3/t41-,42-,43+,51?,53+/m1/s1. The van der Waals surface area contributed by atoms with Crippen molar-refractivity contribution >= 4 is 30.4 Å². The molecule has 5 aliphatic heterocycles. The fourth-order valence-electron chi connectivity index (χ4n) is 12.5. The minimum absolute atomic E-state index is 0.00287. The Morgan fingerprint density at radius 1 is 0.923 bits per heavy atom. The molecule has 5 aliphatic rings. The minimum atomic E-state index is -2.17.